The van der Waals surface area contributed by atoms with Gasteiger partial charge in [-0.25, -0.2) is 4.98 Å². The van der Waals surface area contributed by atoms with Crippen LogP contribution >= 0.6 is 0 Å². The molecule has 1 amide bonds. The Kier molecular flexibility index (Phi) is 4.55. The van der Waals surface area contributed by atoms with Gasteiger partial charge in [-0.05, 0) is 31.4 Å². The van der Waals surface area contributed by atoms with Crippen LogP contribution in [0.25, 0.3) is 0 Å². The van der Waals surface area contributed by atoms with Crippen molar-refractivity contribution in [1.82, 2.24) is 20.4 Å². The van der Waals surface area contributed by atoms with E-state index in [1.165, 1.54) is 19.3 Å². The lowest BCUT2D eigenvalue weighted by Crippen LogP contribution is -2.27. The summed E-state index contributed by atoms with van der Waals surface area (Å²) in [5.74, 6) is 1.82. The zero-order chi connectivity index (χ0) is 16.2. The molecule has 0 bridgehead atoms. The Morgan fingerprint density at radius 1 is 1.39 bits per heavy atom. The van der Waals surface area contributed by atoms with E-state index in [1.807, 2.05) is 19.9 Å². The summed E-state index contributed by atoms with van der Waals surface area (Å²) in [5.41, 5.74) is 0.511. The number of nitrogens with one attached hydrogen (secondary N) is 2. The first-order valence-electron chi connectivity index (χ1n) is 7.95. The number of pyridine rings is 1. The number of nitrogens with zero attached hydrogens (tertiary/aromatic N) is 3. The fourth-order valence-corrected chi connectivity index (χ4v) is 2.21. The fraction of sp³-hybridized carbons (Fsp3) is 0.500. The average Bonchev–Trinajstić information content (AvgIpc) is 2.98. The molecule has 1 aliphatic carbocycles. The highest BCUT2D eigenvalue weighted by Crippen LogP contribution is 2.22. The van der Waals surface area contributed by atoms with Gasteiger partial charge in [-0.1, -0.05) is 19.0 Å². The van der Waals surface area contributed by atoms with Gasteiger partial charge < -0.3 is 15.2 Å². The average molecular weight is 315 g/mol. The number of rotatable bonds is 6. The van der Waals surface area contributed by atoms with Crippen LogP contribution in [0.15, 0.2) is 22.9 Å². The van der Waals surface area contributed by atoms with Crippen LogP contribution in [0, 0.1) is 0 Å². The molecule has 23 heavy (non-hydrogen) atoms. The maximum Gasteiger partial charge on any atom is 0.253 e. The van der Waals surface area contributed by atoms with Crippen molar-refractivity contribution < 1.29 is 9.32 Å². The highest BCUT2D eigenvalue weighted by Gasteiger charge is 2.17. The van der Waals surface area contributed by atoms with Crippen molar-refractivity contribution in [2.45, 2.75) is 51.6 Å². The van der Waals surface area contributed by atoms with E-state index in [-0.39, 0.29) is 18.4 Å². The number of hydrogen-bond acceptors (Lipinski definition) is 6. The second-order valence-corrected chi connectivity index (χ2v) is 6.09. The van der Waals surface area contributed by atoms with Crippen molar-refractivity contribution in [3.63, 3.8) is 0 Å². The molecule has 1 fully saturated rings. The Balaban J connectivity index is 1.52. The largest absolute Gasteiger partial charge is 0.367 e. The maximum absolute atomic E-state index is 12.1. The molecular weight excluding hydrogens is 294 g/mol. The van der Waals surface area contributed by atoms with Gasteiger partial charge in [0, 0.05) is 18.2 Å². The highest BCUT2D eigenvalue weighted by atomic mass is 16.5. The molecular formula is C16H21N5O2. The van der Waals surface area contributed by atoms with E-state index >= 15 is 0 Å². The number of carbonyl (C=O) groups is 1. The van der Waals surface area contributed by atoms with E-state index in [4.69, 9.17) is 4.52 Å². The van der Waals surface area contributed by atoms with Crippen molar-refractivity contribution in [3.8, 4) is 0 Å². The molecule has 0 spiro atoms. The summed E-state index contributed by atoms with van der Waals surface area (Å²) in [6.45, 7) is 4.18. The van der Waals surface area contributed by atoms with Gasteiger partial charge in [-0.15, -0.1) is 0 Å². The minimum Gasteiger partial charge on any atom is -0.367 e. The third-order valence-electron chi connectivity index (χ3n) is 3.87. The Hall–Kier alpha value is -2.44. The van der Waals surface area contributed by atoms with Gasteiger partial charge in [-0.2, -0.15) is 4.98 Å². The molecule has 0 saturated heterocycles. The molecule has 0 aromatic carbocycles. The van der Waals surface area contributed by atoms with Gasteiger partial charge >= 0.3 is 0 Å². The predicted octanol–water partition coefficient (Wildman–Crippen LogP) is 2.48. The number of anilines is 1. The molecule has 3 rings (SSSR count). The van der Waals surface area contributed by atoms with Crippen LogP contribution in [-0.2, 0) is 6.54 Å². The van der Waals surface area contributed by atoms with E-state index in [2.05, 4.69) is 25.8 Å². The zero-order valence-electron chi connectivity index (χ0n) is 13.4. The van der Waals surface area contributed by atoms with E-state index < -0.39 is 0 Å². The molecule has 2 N–H and O–H groups in total. The number of carbonyl (C=O) groups excluding carboxylic acids is 1. The number of amides is 1. The van der Waals surface area contributed by atoms with Crippen molar-refractivity contribution in [2.24, 2.45) is 0 Å². The molecule has 0 aliphatic heterocycles. The van der Waals surface area contributed by atoms with Crippen LogP contribution in [0.5, 0.6) is 0 Å². The topological polar surface area (TPSA) is 92.9 Å². The van der Waals surface area contributed by atoms with Crippen LogP contribution in [0.3, 0.4) is 0 Å². The lowest BCUT2D eigenvalue weighted by Gasteiger charge is -2.26. The van der Waals surface area contributed by atoms with Gasteiger partial charge in [0.1, 0.15) is 5.82 Å². The van der Waals surface area contributed by atoms with Gasteiger partial charge in [0.25, 0.3) is 5.91 Å². The summed E-state index contributed by atoms with van der Waals surface area (Å²) in [6, 6.07) is 4.12. The summed E-state index contributed by atoms with van der Waals surface area (Å²) >= 11 is 0. The number of aromatic nitrogens is 3. The predicted molar refractivity (Wildman–Crippen MR) is 85.1 cm³/mol. The smallest absolute Gasteiger partial charge is 0.253 e. The minimum atomic E-state index is -0.205. The molecule has 1 saturated carbocycles. The van der Waals surface area contributed by atoms with Crippen molar-refractivity contribution in [3.05, 3.63) is 35.6 Å². The highest BCUT2D eigenvalue weighted by molar-refractivity contribution is 5.93. The standard InChI is InChI=1S/C16H21N5O2/c1-10(2)16-20-14(21-23-16)9-18-15(22)11-6-7-13(17-8-11)19-12-4-3-5-12/h6-8,10,12H,3-5,9H2,1-2H3,(H,17,19)(H,18,22). The normalized spacial score (nSPS) is 14.6. The van der Waals surface area contributed by atoms with Crippen LogP contribution in [0.2, 0.25) is 0 Å². The van der Waals surface area contributed by atoms with Crippen LogP contribution in [0.1, 0.15) is 61.1 Å². The van der Waals surface area contributed by atoms with Crippen LogP contribution < -0.4 is 10.6 Å². The first-order chi connectivity index (χ1) is 11.1. The molecule has 0 unspecified atom stereocenters. The lowest BCUT2D eigenvalue weighted by atomic mass is 9.93. The van der Waals surface area contributed by atoms with Gasteiger partial charge in [0.2, 0.25) is 5.89 Å². The SMILES string of the molecule is CC(C)c1nc(CNC(=O)c2ccc(NC3CCC3)nc2)no1. The lowest BCUT2D eigenvalue weighted by molar-refractivity contribution is 0.0949. The molecule has 122 valence electrons. The summed E-state index contributed by atoms with van der Waals surface area (Å²) < 4.78 is 5.10. The summed E-state index contributed by atoms with van der Waals surface area (Å²) in [7, 11) is 0. The molecule has 7 nitrogen and oxygen atoms in total. The van der Waals surface area contributed by atoms with Crippen LogP contribution in [0.4, 0.5) is 5.82 Å². The van der Waals surface area contributed by atoms with Crippen molar-refractivity contribution in [2.75, 3.05) is 5.32 Å². The Morgan fingerprint density at radius 3 is 2.78 bits per heavy atom. The van der Waals surface area contributed by atoms with Crippen molar-refractivity contribution in [1.29, 1.82) is 0 Å². The Labute approximate surface area is 134 Å². The van der Waals surface area contributed by atoms with Crippen molar-refractivity contribution >= 4 is 11.7 Å². The van der Waals surface area contributed by atoms with E-state index in [1.54, 1.807) is 12.3 Å². The quantitative estimate of drug-likeness (QED) is 0.850. The first kappa shape index (κ1) is 15.5. The maximum atomic E-state index is 12.1. The molecule has 1 aliphatic rings. The zero-order valence-corrected chi connectivity index (χ0v) is 13.4. The molecule has 2 heterocycles. The monoisotopic (exact) mass is 315 g/mol. The summed E-state index contributed by atoms with van der Waals surface area (Å²) in [6.07, 6.45) is 5.22. The molecule has 7 heteroatoms. The fourth-order valence-electron chi connectivity index (χ4n) is 2.21. The van der Waals surface area contributed by atoms with Gasteiger partial charge in [0.05, 0.1) is 12.1 Å². The summed E-state index contributed by atoms with van der Waals surface area (Å²) in [5, 5.41) is 9.95. The summed E-state index contributed by atoms with van der Waals surface area (Å²) in [4.78, 5) is 20.6. The Morgan fingerprint density at radius 2 is 2.22 bits per heavy atom. The van der Waals surface area contributed by atoms with E-state index in [0.29, 0.717) is 23.3 Å². The second kappa shape index (κ2) is 6.76. The van der Waals surface area contributed by atoms with Gasteiger partial charge in [-0.3, -0.25) is 4.79 Å². The molecule has 2 aromatic rings. The third kappa shape index (κ3) is 3.85. The molecule has 0 radical (unpaired) electrons. The Bertz CT molecular complexity index is 661. The third-order valence-corrected chi connectivity index (χ3v) is 3.87. The van der Waals surface area contributed by atoms with E-state index in [9.17, 15) is 4.79 Å². The first-order valence-corrected chi connectivity index (χ1v) is 7.95. The molecule has 2 aromatic heterocycles. The number of hydrogen-bond donors (Lipinski definition) is 2. The molecule has 0 atom stereocenters. The minimum absolute atomic E-state index is 0.173. The van der Waals surface area contributed by atoms with Crippen LogP contribution in [-0.4, -0.2) is 27.1 Å². The van der Waals surface area contributed by atoms with E-state index in [0.717, 1.165) is 5.82 Å². The second-order valence-electron chi connectivity index (χ2n) is 6.09. The van der Waals surface area contributed by atoms with Gasteiger partial charge in [0.15, 0.2) is 5.82 Å².